The molecule has 1 unspecified atom stereocenters. The van der Waals surface area contributed by atoms with Crippen LogP contribution in [0.25, 0.3) is 0 Å². The van der Waals surface area contributed by atoms with Crippen LogP contribution in [0.15, 0.2) is 11.1 Å². The molecular formula is C7H9N3O. The van der Waals surface area contributed by atoms with Crippen LogP contribution in [0.5, 0.6) is 0 Å². The number of nitrogens with zero attached hydrogens (tertiary/aromatic N) is 1. The number of rotatable bonds is 0. The van der Waals surface area contributed by atoms with Crippen molar-refractivity contribution in [3.05, 3.63) is 27.9 Å². The second-order valence-corrected chi connectivity index (χ2v) is 2.74. The molecule has 0 saturated heterocycles. The minimum absolute atomic E-state index is 0.0833. The Labute approximate surface area is 63.5 Å². The van der Waals surface area contributed by atoms with E-state index in [1.807, 2.05) is 0 Å². The number of hydrogen-bond donors (Lipinski definition) is 2. The smallest absolute Gasteiger partial charge is 0.255 e. The highest BCUT2D eigenvalue weighted by atomic mass is 16.1. The summed E-state index contributed by atoms with van der Waals surface area (Å²) in [5.74, 6) is 0. The van der Waals surface area contributed by atoms with Crippen molar-refractivity contribution in [1.29, 1.82) is 0 Å². The molecule has 3 N–H and O–H groups in total. The van der Waals surface area contributed by atoms with Gasteiger partial charge in [0.2, 0.25) is 0 Å². The molecule has 1 aromatic heterocycles. The molecular weight excluding hydrogens is 142 g/mol. The van der Waals surface area contributed by atoms with Gasteiger partial charge >= 0.3 is 0 Å². The lowest BCUT2D eigenvalue weighted by Crippen LogP contribution is -2.19. The summed E-state index contributed by atoms with van der Waals surface area (Å²) in [6.07, 6.45) is 3.11. The summed E-state index contributed by atoms with van der Waals surface area (Å²) < 4.78 is 0. The standard InChI is InChI=1S/C7H9N3O/c8-4-1-2-5-6(4)7(11)10-3-9-5/h3-4H,1-2,8H2,(H,9,10,11). The average molecular weight is 151 g/mol. The van der Waals surface area contributed by atoms with E-state index in [0.29, 0.717) is 5.56 Å². The largest absolute Gasteiger partial charge is 0.324 e. The zero-order valence-electron chi connectivity index (χ0n) is 6.00. The van der Waals surface area contributed by atoms with Gasteiger partial charge in [-0.1, -0.05) is 0 Å². The second-order valence-electron chi connectivity index (χ2n) is 2.74. The van der Waals surface area contributed by atoms with Crippen molar-refractivity contribution in [2.75, 3.05) is 0 Å². The van der Waals surface area contributed by atoms with Crippen LogP contribution in [0.3, 0.4) is 0 Å². The Kier molecular flexibility index (Phi) is 1.29. The lowest BCUT2D eigenvalue weighted by Gasteiger charge is -1.99. The lowest BCUT2D eigenvalue weighted by atomic mass is 10.2. The highest BCUT2D eigenvalue weighted by Gasteiger charge is 2.22. The average Bonchev–Trinajstić information content (AvgIpc) is 2.34. The maximum atomic E-state index is 11.1. The van der Waals surface area contributed by atoms with Gasteiger partial charge in [-0.3, -0.25) is 4.79 Å². The second kappa shape index (κ2) is 2.17. The highest BCUT2D eigenvalue weighted by Crippen LogP contribution is 2.22. The number of hydrogen-bond acceptors (Lipinski definition) is 3. The fraction of sp³-hybridized carbons (Fsp3) is 0.429. The van der Waals surface area contributed by atoms with Gasteiger partial charge in [-0.2, -0.15) is 0 Å². The van der Waals surface area contributed by atoms with Gasteiger partial charge in [0, 0.05) is 6.04 Å². The molecule has 1 heterocycles. The van der Waals surface area contributed by atoms with Gasteiger partial charge in [-0.15, -0.1) is 0 Å². The summed E-state index contributed by atoms with van der Waals surface area (Å²) in [5.41, 5.74) is 7.14. The molecule has 0 saturated carbocycles. The number of H-pyrrole nitrogens is 1. The van der Waals surface area contributed by atoms with Crippen molar-refractivity contribution in [2.45, 2.75) is 18.9 Å². The van der Waals surface area contributed by atoms with Gasteiger partial charge in [0.1, 0.15) is 0 Å². The minimum atomic E-state index is -0.109. The third-order valence-electron chi connectivity index (χ3n) is 2.03. The third kappa shape index (κ3) is 0.867. The summed E-state index contributed by atoms with van der Waals surface area (Å²) in [5, 5.41) is 0. The quantitative estimate of drug-likeness (QED) is 0.535. The van der Waals surface area contributed by atoms with Gasteiger partial charge in [0.25, 0.3) is 5.56 Å². The summed E-state index contributed by atoms with van der Waals surface area (Å²) in [6.45, 7) is 0. The van der Waals surface area contributed by atoms with Crippen LogP contribution in [0.1, 0.15) is 23.7 Å². The van der Waals surface area contributed by atoms with E-state index in [9.17, 15) is 4.79 Å². The van der Waals surface area contributed by atoms with E-state index in [4.69, 9.17) is 5.73 Å². The summed E-state index contributed by atoms with van der Waals surface area (Å²) in [6, 6.07) is -0.109. The first-order valence-electron chi connectivity index (χ1n) is 3.61. The van der Waals surface area contributed by atoms with Gasteiger partial charge in [0.05, 0.1) is 17.6 Å². The molecule has 1 aliphatic rings. The first-order valence-corrected chi connectivity index (χ1v) is 3.61. The molecule has 58 valence electrons. The number of aromatic amines is 1. The van der Waals surface area contributed by atoms with Crippen LogP contribution in [0, 0.1) is 0 Å². The Morgan fingerprint density at radius 3 is 3.27 bits per heavy atom. The van der Waals surface area contributed by atoms with Crippen molar-refractivity contribution in [2.24, 2.45) is 5.73 Å². The van der Waals surface area contributed by atoms with Crippen LogP contribution in [-0.4, -0.2) is 9.97 Å². The van der Waals surface area contributed by atoms with Crippen molar-refractivity contribution in [1.82, 2.24) is 9.97 Å². The summed E-state index contributed by atoms with van der Waals surface area (Å²) in [7, 11) is 0. The number of aryl methyl sites for hydroxylation is 1. The van der Waals surface area contributed by atoms with E-state index >= 15 is 0 Å². The molecule has 11 heavy (non-hydrogen) atoms. The van der Waals surface area contributed by atoms with Gasteiger partial charge in [-0.05, 0) is 12.8 Å². The summed E-state index contributed by atoms with van der Waals surface area (Å²) in [4.78, 5) is 17.7. The first kappa shape index (κ1) is 6.54. The SMILES string of the molecule is NC1CCc2nc[nH]c(=O)c21. The van der Waals surface area contributed by atoms with Crippen LogP contribution in [-0.2, 0) is 6.42 Å². The predicted molar refractivity (Wildman–Crippen MR) is 40.1 cm³/mol. The fourth-order valence-electron chi connectivity index (χ4n) is 1.47. The molecule has 0 aliphatic heterocycles. The maximum absolute atomic E-state index is 11.1. The zero-order valence-corrected chi connectivity index (χ0v) is 6.00. The number of fused-ring (bicyclic) bond motifs is 1. The Balaban J connectivity index is 2.68. The minimum Gasteiger partial charge on any atom is -0.324 e. The molecule has 1 aliphatic carbocycles. The van der Waals surface area contributed by atoms with Crippen molar-refractivity contribution in [3.8, 4) is 0 Å². The van der Waals surface area contributed by atoms with E-state index in [2.05, 4.69) is 9.97 Å². The third-order valence-corrected chi connectivity index (χ3v) is 2.03. The molecule has 1 aromatic rings. The van der Waals surface area contributed by atoms with Gasteiger partial charge < -0.3 is 10.7 Å². The van der Waals surface area contributed by atoms with Crippen LogP contribution in [0.2, 0.25) is 0 Å². The van der Waals surface area contributed by atoms with Crippen LogP contribution < -0.4 is 11.3 Å². The maximum Gasteiger partial charge on any atom is 0.255 e. The number of aromatic nitrogens is 2. The molecule has 0 bridgehead atoms. The van der Waals surface area contributed by atoms with E-state index in [0.717, 1.165) is 18.5 Å². The predicted octanol–water partition coefficient (Wildman–Crippen LogP) is -0.284. The molecule has 0 fully saturated rings. The molecule has 4 heteroatoms. The molecule has 2 rings (SSSR count). The summed E-state index contributed by atoms with van der Waals surface area (Å²) >= 11 is 0. The normalized spacial score (nSPS) is 21.7. The molecule has 0 spiro atoms. The molecule has 0 aromatic carbocycles. The van der Waals surface area contributed by atoms with E-state index in [1.54, 1.807) is 0 Å². The number of nitrogens with one attached hydrogen (secondary N) is 1. The van der Waals surface area contributed by atoms with Crippen molar-refractivity contribution < 1.29 is 0 Å². The van der Waals surface area contributed by atoms with E-state index in [1.165, 1.54) is 6.33 Å². The molecule has 1 atom stereocenters. The Hall–Kier alpha value is -1.16. The van der Waals surface area contributed by atoms with E-state index in [-0.39, 0.29) is 11.6 Å². The Bertz CT molecular complexity index is 331. The van der Waals surface area contributed by atoms with Crippen molar-refractivity contribution >= 4 is 0 Å². The highest BCUT2D eigenvalue weighted by molar-refractivity contribution is 5.25. The first-order chi connectivity index (χ1) is 5.29. The fourth-order valence-corrected chi connectivity index (χ4v) is 1.47. The zero-order chi connectivity index (χ0) is 7.84. The number of nitrogens with two attached hydrogens (primary N) is 1. The topological polar surface area (TPSA) is 71.8 Å². The molecule has 4 nitrogen and oxygen atoms in total. The molecule has 0 amide bonds. The Morgan fingerprint density at radius 1 is 1.73 bits per heavy atom. The molecule has 0 radical (unpaired) electrons. The van der Waals surface area contributed by atoms with Gasteiger partial charge in [-0.25, -0.2) is 4.98 Å². The van der Waals surface area contributed by atoms with Gasteiger partial charge in [0.15, 0.2) is 0 Å². The van der Waals surface area contributed by atoms with Crippen LogP contribution in [0.4, 0.5) is 0 Å². The lowest BCUT2D eigenvalue weighted by molar-refractivity contribution is 0.707. The van der Waals surface area contributed by atoms with Crippen LogP contribution >= 0.6 is 0 Å². The monoisotopic (exact) mass is 151 g/mol. The van der Waals surface area contributed by atoms with Crippen molar-refractivity contribution in [3.63, 3.8) is 0 Å². The van der Waals surface area contributed by atoms with E-state index < -0.39 is 0 Å². The Morgan fingerprint density at radius 2 is 2.55 bits per heavy atom.